The van der Waals surface area contributed by atoms with Gasteiger partial charge in [0.1, 0.15) is 0 Å². The Balaban J connectivity index is 2.22. The molecule has 1 saturated heterocycles. The summed E-state index contributed by atoms with van der Waals surface area (Å²) in [7, 11) is 0.807. The van der Waals surface area contributed by atoms with E-state index < -0.39 is 9.84 Å². The molecule has 1 N–H and O–H groups in total. The first-order valence-corrected chi connectivity index (χ1v) is 7.08. The number of hydrogen-bond acceptors (Lipinski definition) is 5. The molecule has 0 aromatic carbocycles. The molecule has 90 valence electrons. The van der Waals surface area contributed by atoms with Crippen molar-refractivity contribution in [2.75, 3.05) is 18.6 Å². The summed E-state index contributed by atoms with van der Waals surface area (Å²) in [5.74, 6) is 0.664. The molecule has 0 aliphatic carbocycles. The summed E-state index contributed by atoms with van der Waals surface area (Å²) >= 11 is 0. The Labute approximate surface area is 95.0 Å². The molecule has 2 heterocycles. The molecule has 7 heteroatoms. The second-order valence-corrected chi connectivity index (χ2v) is 6.44. The molecule has 0 radical (unpaired) electrons. The number of sulfone groups is 1. The second-order valence-electron chi connectivity index (χ2n) is 4.21. The zero-order chi connectivity index (χ0) is 11.8. The van der Waals surface area contributed by atoms with Gasteiger partial charge < -0.3 is 5.32 Å². The van der Waals surface area contributed by atoms with E-state index in [-0.39, 0.29) is 17.7 Å². The monoisotopic (exact) mass is 244 g/mol. The number of aromatic nitrogens is 3. The maximum atomic E-state index is 11.5. The average molecular weight is 244 g/mol. The highest BCUT2D eigenvalue weighted by Gasteiger charge is 2.35. The largest absolute Gasteiger partial charge is 0.311 e. The third kappa shape index (κ3) is 2.10. The van der Waals surface area contributed by atoms with E-state index in [4.69, 9.17) is 0 Å². The van der Waals surface area contributed by atoms with Crippen molar-refractivity contribution >= 4 is 9.84 Å². The molecule has 0 amide bonds. The first-order chi connectivity index (χ1) is 7.53. The van der Waals surface area contributed by atoms with Crippen molar-refractivity contribution in [2.24, 2.45) is 13.0 Å². The Bertz CT molecular complexity index is 468. The van der Waals surface area contributed by atoms with Crippen molar-refractivity contribution in [1.82, 2.24) is 20.3 Å². The Hall–Kier alpha value is -0.950. The zero-order valence-corrected chi connectivity index (χ0v) is 10.2. The van der Waals surface area contributed by atoms with Gasteiger partial charge in [-0.25, -0.2) is 8.42 Å². The van der Waals surface area contributed by atoms with Crippen molar-refractivity contribution in [3.05, 3.63) is 11.9 Å². The topological polar surface area (TPSA) is 76.9 Å². The minimum Gasteiger partial charge on any atom is -0.311 e. The number of hydrogen-bond donors (Lipinski definition) is 1. The average Bonchev–Trinajstić information content (AvgIpc) is 2.76. The molecule has 1 aromatic heterocycles. The van der Waals surface area contributed by atoms with Crippen molar-refractivity contribution in [3.8, 4) is 0 Å². The van der Waals surface area contributed by atoms with Crippen molar-refractivity contribution < 1.29 is 8.42 Å². The maximum absolute atomic E-state index is 11.5. The molecule has 0 saturated carbocycles. The van der Waals surface area contributed by atoms with Gasteiger partial charge in [-0.1, -0.05) is 5.21 Å². The highest BCUT2D eigenvalue weighted by Crippen LogP contribution is 2.30. The van der Waals surface area contributed by atoms with Crippen LogP contribution in [0.15, 0.2) is 6.20 Å². The molecular weight excluding hydrogens is 228 g/mol. The number of nitrogens with zero attached hydrogens (tertiary/aromatic N) is 3. The summed E-state index contributed by atoms with van der Waals surface area (Å²) in [4.78, 5) is 0. The van der Waals surface area contributed by atoms with Crippen LogP contribution in [0.5, 0.6) is 0 Å². The van der Waals surface area contributed by atoms with Crippen molar-refractivity contribution in [3.63, 3.8) is 0 Å². The molecule has 2 rings (SSSR count). The fraction of sp³-hybridized carbons (Fsp3) is 0.778. The van der Waals surface area contributed by atoms with E-state index >= 15 is 0 Å². The van der Waals surface area contributed by atoms with Crippen LogP contribution in [-0.4, -0.2) is 42.0 Å². The van der Waals surface area contributed by atoms with E-state index in [1.54, 1.807) is 10.9 Å². The lowest BCUT2D eigenvalue weighted by Crippen LogP contribution is -2.28. The summed E-state index contributed by atoms with van der Waals surface area (Å²) in [6.07, 6.45) is 2.39. The Morgan fingerprint density at radius 2 is 2.38 bits per heavy atom. The number of nitrogens with one attached hydrogen (secondary N) is 1. The van der Waals surface area contributed by atoms with Gasteiger partial charge in [0, 0.05) is 7.05 Å². The lowest BCUT2D eigenvalue weighted by Gasteiger charge is -2.21. The molecule has 1 fully saturated rings. The van der Waals surface area contributed by atoms with Crippen LogP contribution in [0.4, 0.5) is 0 Å². The highest BCUT2D eigenvalue weighted by molar-refractivity contribution is 7.91. The smallest absolute Gasteiger partial charge is 0.150 e. The molecule has 0 spiro atoms. The van der Waals surface area contributed by atoms with E-state index in [1.807, 2.05) is 14.1 Å². The van der Waals surface area contributed by atoms with Gasteiger partial charge in [-0.3, -0.25) is 4.68 Å². The summed E-state index contributed by atoms with van der Waals surface area (Å²) < 4.78 is 24.6. The van der Waals surface area contributed by atoms with Crippen LogP contribution >= 0.6 is 0 Å². The molecule has 6 nitrogen and oxygen atoms in total. The molecule has 0 bridgehead atoms. The molecule has 1 aliphatic rings. The maximum Gasteiger partial charge on any atom is 0.150 e. The predicted octanol–water partition coefficient (Wildman–Crippen LogP) is -0.490. The van der Waals surface area contributed by atoms with Crippen molar-refractivity contribution in [2.45, 2.75) is 12.5 Å². The predicted molar refractivity (Wildman–Crippen MR) is 59.6 cm³/mol. The Morgan fingerprint density at radius 3 is 2.81 bits per heavy atom. The van der Waals surface area contributed by atoms with E-state index in [1.165, 1.54) is 0 Å². The van der Waals surface area contributed by atoms with Gasteiger partial charge >= 0.3 is 0 Å². The van der Waals surface area contributed by atoms with Gasteiger partial charge in [0.15, 0.2) is 9.84 Å². The fourth-order valence-electron chi connectivity index (χ4n) is 2.29. The molecule has 1 aromatic rings. The standard InChI is InChI=1S/C9H16N4O2S/c1-10-9(8-5-11-12-13(8)2)7-3-4-16(14,15)6-7/h5,7,9-10H,3-4,6H2,1-2H3. The van der Waals surface area contributed by atoms with Gasteiger partial charge in [-0.05, 0) is 19.4 Å². The quantitative estimate of drug-likeness (QED) is 0.776. The fourth-order valence-corrected chi connectivity index (χ4v) is 4.13. The van der Waals surface area contributed by atoms with Gasteiger partial charge in [-0.2, -0.15) is 0 Å². The first kappa shape index (κ1) is 11.5. The SMILES string of the molecule is CNC(c1cnnn1C)C1CCS(=O)(=O)C1. The van der Waals surface area contributed by atoms with E-state index in [9.17, 15) is 8.42 Å². The van der Waals surface area contributed by atoms with Gasteiger partial charge in [-0.15, -0.1) is 5.10 Å². The lowest BCUT2D eigenvalue weighted by molar-refractivity contribution is 0.396. The first-order valence-electron chi connectivity index (χ1n) is 5.26. The second kappa shape index (κ2) is 4.14. The van der Waals surface area contributed by atoms with Crippen LogP contribution in [0.3, 0.4) is 0 Å². The van der Waals surface area contributed by atoms with Crippen molar-refractivity contribution in [1.29, 1.82) is 0 Å². The van der Waals surface area contributed by atoms with Crippen LogP contribution in [0.2, 0.25) is 0 Å². The minimum absolute atomic E-state index is 0.0114. The van der Waals surface area contributed by atoms with Crippen LogP contribution in [-0.2, 0) is 16.9 Å². The zero-order valence-electron chi connectivity index (χ0n) is 9.42. The summed E-state index contributed by atoms with van der Waals surface area (Å²) in [5, 5.41) is 10.9. The summed E-state index contributed by atoms with van der Waals surface area (Å²) in [6.45, 7) is 0. The van der Waals surface area contributed by atoms with Crippen LogP contribution in [0.1, 0.15) is 18.2 Å². The van der Waals surface area contributed by atoms with Gasteiger partial charge in [0.25, 0.3) is 0 Å². The third-order valence-corrected chi connectivity index (χ3v) is 4.91. The van der Waals surface area contributed by atoms with Crippen LogP contribution < -0.4 is 5.32 Å². The number of rotatable bonds is 3. The molecule has 1 aliphatic heterocycles. The molecule has 2 unspecified atom stereocenters. The Kier molecular flexibility index (Phi) is 2.98. The van der Waals surface area contributed by atoms with Gasteiger partial charge in [0.2, 0.25) is 0 Å². The van der Waals surface area contributed by atoms with E-state index in [2.05, 4.69) is 15.6 Å². The molecular formula is C9H16N4O2S. The van der Waals surface area contributed by atoms with Gasteiger partial charge in [0.05, 0.1) is 29.4 Å². The summed E-state index contributed by atoms with van der Waals surface area (Å²) in [5.41, 5.74) is 0.935. The van der Waals surface area contributed by atoms with Crippen LogP contribution in [0.25, 0.3) is 0 Å². The highest BCUT2D eigenvalue weighted by atomic mass is 32.2. The minimum atomic E-state index is -2.84. The van der Waals surface area contributed by atoms with E-state index in [0.29, 0.717) is 12.2 Å². The van der Waals surface area contributed by atoms with Crippen LogP contribution in [0, 0.1) is 5.92 Å². The van der Waals surface area contributed by atoms with E-state index in [0.717, 1.165) is 5.69 Å². The molecule has 2 atom stereocenters. The molecule has 16 heavy (non-hydrogen) atoms. The lowest BCUT2D eigenvalue weighted by atomic mass is 9.97. The number of aryl methyl sites for hydroxylation is 1. The normalized spacial score (nSPS) is 25.8. The third-order valence-electron chi connectivity index (χ3n) is 3.12. The summed E-state index contributed by atoms with van der Waals surface area (Å²) in [6, 6.07) is 0.0114. The Morgan fingerprint density at radius 1 is 1.62 bits per heavy atom.